The predicted octanol–water partition coefficient (Wildman–Crippen LogP) is 1.79. The Bertz CT molecular complexity index is 847. The second kappa shape index (κ2) is 9.66. The molecule has 0 aromatic carbocycles. The Balaban J connectivity index is 1.54. The molecule has 0 bridgehead atoms. The molecule has 2 N–H and O–H groups in total. The highest BCUT2D eigenvalue weighted by molar-refractivity contribution is 7.17. The first-order valence-electron chi connectivity index (χ1n) is 9.43. The van der Waals surface area contributed by atoms with E-state index >= 15 is 0 Å². The highest BCUT2D eigenvalue weighted by Gasteiger charge is 2.21. The molecule has 0 unspecified atom stereocenters. The van der Waals surface area contributed by atoms with E-state index in [9.17, 15) is 9.59 Å². The average molecular weight is 420 g/mol. The van der Waals surface area contributed by atoms with Gasteiger partial charge in [-0.3, -0.25) is 20.4 Å². The van der Waals surface area contributed by atoms with Crippen LogP contribution in [-0.2, 0) is 4.74 Å². The lowest BCUT2D eigenvalue weighted by Crippen LogP contribution is -2.41. The van der Waals surface area contributed by atoms with Crippen LogP contribution in [0.25, 0.3) is 0 Å². The second-order valence-corrected chi connectivity index (χ2v) is 7.99. The van der Waals surface area contributed by atoms with Crippen LogP contribution in [0.2, 0.25) is 0 Å². The van der Waals surface area contributed by atoms with Crippen molar-refractivity contribution in [3.8, 4) is 5.88 Å². The molecule has 29 heavy (non-hydrogen) atoms. The zero-order valence-electron chi connectivity index (χ0n) is 16.7. The molecule has 3 rings (SSSR count). The van der Waals surface area contributed by atoms with Gasteiger partial charge in [0.15, 0.2) is 5.13 Å². The monoisotopic (exact) mass is 419 g/mol. The highest BCUT2D eigenvalue weighted by Crippen LogP contribution is 2.26. The van der Waals surface area contributed by atoms with Crippen LogP contribution < -0.4 is 20.5 Å². The minimum atomic E-state index is -0.461. The first kappa shape index (κ1) is 21.0. The number of hydrazine groups is 1. The molecule has 1 aliphatic heterocycles. The summed E-state index contributed by atoms with van der Waals surface area (Å²) in [7, 11) is 0. The van der Waals surface area contributed by atoms with Crippen molar-refractivity contribution >= 4 is 28.3 Å². The minimum Gasteiger partial charge on any atom is -0.477 e. The number of morpholine rings is 1. The Kier molecular flexibility index (Phi) is 6.99. The maximum atomic E-state index is 12.5. The first-order chi connectivity index (χ1) is 13.9. The third kappa shape index (κ3) is 5.64. The predicted molar refractivity (Wildman–Crippen MR) is 109 cm³/mol. The van der Waals surface area contributed by atoms with Crippen molar-refractivity contribution in [1.29, 1.82) is 0 Å². The molecule has 0 radical (unpaired) electrons. The Labute approximate surface area is 173 Å². The van der Waals surface area contributed by atoms with Crippen LogP contribution in [0.3, 0.4) is 0 Å². The van der Waals surface area contributed by atoms with E-state index in [0.29, 0.717) is 47.8 Å². The van der Waals surface area contributed by atoms with E-state index < -0.39 is 11.8 Å². The quantitative estimate of drug-likeness (QED) is 0.688. The summed E-state index contributed by atoms with van der Waals surface area (Å²) in [4.78, 5) is 35.8. The van der Waals surface area contributed by atoms with Gasteiger partial charge in [0.2, 0.25) is 5.88 Å². The van der Waals surface area contributed by atoms with Gasteiger partial charge in [-0.2, -0.15) is 0 Å². The minimum absolute atomic E-state index is 0.317. The molecule has 0 spiro atoms. The fourth-order valence-corrected chi connectivity index (χ4v) is 3.59. The molecule has 2 aromatic rings. The van der Waals surface area contributed by atoms with Crippen molar-refractivity contribution in [3.63, 3.8) is 0 Å². The summed E-state index contributed by atoms with van der Waals surface area (Å²) in [5.74, 6) is -0.0290. The molecule has 2 aromatic heterocycles. The first-order valence-corrected chi connectivity index (χ1v) is 10.3. The normalized spacial score (nSPS) is 14.0. The molecule has 1 aliphatic rings. The van der Waals surface area contributed by atoms with Crippen LogP contribution in [0.1, 0.15) is 39.6 Å². The number of carbonyl (C=O) groups excluding carboxylic acids is 2. The Morgan fingerprint density at radius 2 is 1.97 bits per heavy atom. The summed E-state index contributed by atoms with van der Waals surface area (Å²) in [6, 6.07) is 3.22. The number of hydrogen-bond donors (Lipinski definition) is 2. The molecule has 0 saturated carbocycles. The van der Waals surface area contributed by atoms with Crippen molar-refractivity contribution < 1.29 is 19.1 Å². The lowest BCUT2D eigenvalue weighted by molar-refractivity contribution is 0.0848. The van der Waals surface area contributed by atoms with E-state index in [1.807, 2.05) is 13.8 Å². The van der Waals surface area contributed by atoms with E-state index in [2.05, 4.69) is 25.7 Å². The van der Waals surface area contributed by atoms with Gasteiger partial charge in [-0.15, -0.1) is 0 Å². The number of aryl methyl sites for hydroxylation is 1. The fraction of sp³-hybridized carbons (Fsp3) is 0.474. The Morgan fingerprint density at radius 3 is 2.62 bits per heavy atom. The lowest BCUT2D eigenvalue weighted by Gasteiger charge is -2.25. The number of aromatic nitrogens is 2. The Morgan fingerprint density at radius 1 is 1.24 bits per heavy atom. The molecule has 3 heterocycles. The van der Waals surface area contributed by atoms with E-state index in [1.54, 1.807) is 19.1 Å². The molecule has 2 amide bonds. The zero-order chi connectivity index (χ0) is 20.8. The van der Waals surface area contributed by atoms with Crippen LogP contribution in [0.4, 0.5) is 5.13 Å². The summed E-state index contributed by atoms with van der Waals surface area (Å²) in [6.45, 7) is 9.19. The summed E-state index contributed by atoms with van der Waals surface area (Å²) in [5, 5.41) is 0.781. The van der Waals surface area contributed by atoms with Crippen molar-refractivity contribution in [2.75, 3.05) is 37.8 Å². The number of amides is 2. The molecule has 1 saturated heterocycles. The van der Waals surface area contributed by atoms with E-state index in [4.69, 9.17) is 9.47 Å². The molecule has 1 fully saturated rings. The average Bonchev–Trinajstić information content (AvgIpc) is 3.13. The number of anilines is 1. The van der Waals surface area contributed by atoms with Crippen LogP contribution in [0.5, 0.6) is 5.88 Å². The van der Waals surface area contributed by atoms with Crippen molar-refractivity contribution in [3.05, 3.63) is 34.5 Å². The second-order valence-electron chi connectivity index (χ2n) is 7.01. The third-order valence-electron chi connectivity index (χ3n) is 4.13. The number of nitrogens with zero attached hydrogens (tertiary/aromatic N) is 3. The number of rotatable bonds is 6. The molecular formula is C19H25N5O4S. The van der Waals surface area contributed by atoms with Gasteiger partial charge in [-0.05, 0) is 18.9 Å². The summed E-state index contributed by atoms with van der Waals surface area (Å²) >= 11 is 1.30. The van der Waals surface area contributed by atoms with Gasteiger partial charge < -0.3 is 14.4 Å². The van der Waals surface area contributed by atoms with E-state index in [0.717, 1.165) is 18.2 Å². The molecule has 0 atom stereocenters. The van der Waals surface area contributed by atoms with Gasteiger partial charge in [-0.25, -0.2) is 9.97 Å². The number of ether oxygens (including phenoxy) is 2. The molecule has 156 valence electrons. The van der Waals surface area contributed by atoms with E-state index in [-0.39, 0.29) is 0 Å². The van der Waals surface area contributed by atoms with Crippen LogP contribution in [0, 0.1) is 12.8 Å². The van der Waals surface area contributed by atoms with Gasteiger partial charge in [0, 0.05) is 25.4 Å². The number of nitrogens with one attached hydrogen (secondary N) is 2. The number of carbonyl (C=O) groups is 2. The molecule has 10 heteroatoms. The van der Waals surface area contributed by atoms with Crippen molar-refractivity contribution in [2.45, 2.75) is 20.8 Å². The largest absolute Gasteiger partial charge is 0.477 e. The van der Waals surface area contributed by atoms with Crippen LogP contribution in [0.15, 0.2) is 18.3 Å². The van der Waals surface area contributed by atoms with Crippen molar-refractivity contribution in [1.82, 2.24) is 20.8 Å². The summed E-state index contributed by atoms with van der Waals surface area (Å²) in [6.07, 6.45) is 1.41. The lowest BCUT2D eigenvalue weighted by atomic mass is 10.2. The smallest absolute Gasteiger partial charge is 0.281 e. The molecule has 0 aliphatic carbocycles. The summed E-state index contributed by atoms with van der Waals surface area (Å²) in [5.41, 5.74) is 5.79. The SMILES string of the molecule is Cc1nc(N2CCOCC2)sc1C(=O)NNC(=O)c1ccc(OCC(C)C)nc1. The van der Waals surface area contributed by atoms with Gasteiger partial charge in [0.1, 0.15) is 4.88 Å². The standard InChI is InChI=1S/C19H25N5O4S/c1-12(2)11-28-15-5-4-14(10-20-15)17(25)22-23-18(26)16-13(3)21-19(29-16)24-6-8-27-9-7-24/h4-5,10,12H,6-9,11H2,1-3H3,(H,22,25)(H,23,26). The number of thiazole rings is 1. The van der Waals surface area contributed by atoms with Crippen LogP contribution >= 0.6 is 11.3 Å². The van der Waals surface area contributed by atoms with Crippen LogP contribution in [-0.4, -0.2) is 54.7 Å². The van der Waals surface area contributed by atoms with Gasteiger partial charge in [0.05, 0.1) is 31.1 Å². The molecular weight excluding hydrogens is 394 g/mol. The third-order valence-corrected chi connectivity index (χ3v) is 5.34. The van der Waals surface area contributed by atoms with Crippen molar-refractivity contribution in [2.24, 2.45) is 5.92 Å². The highest BCUT2D eigenvalue weighted by atomic mass is 32.1. The number of pyridine rings is 1. The fourth-order valence-electron chi connectivity index (χ4n) is 2.58. The topological polar surface area (TPSA) is 106 Å². The maximum absolute atomic E-state index is 12.5. The number of hydrogen-bond acceptors (Lipinski definition) is 8. The zero-order valence-corrected chi connectivity index (χ0v) is 17.5. The van der Waals surface area contributed by atoms with E-state index in [1.165, 1.54) is 17.5 Å². The summed E-state index contributed by atoms with van der Waals surface area (Å²) < 4.78 is 10.8. The van der Waals surface area contributed by atoms with Gasteiger partial charge in [0.25, 0.3) is 11.8 Å². The molecule has 9 nitrogen and oxygen atoms in total. The van der Waals surface area contributed by atoms with Gasteiger partial charge in [-0.1, -0.05) is 25.2 Å². The maximum Gasteiger partial charge on any atom is 0.281 e. The van der Waals surface area contributed by atoms with Gasteiger partial charge >= 0.3 is 0 Å². The Hall–Kier alpha value is -2.72.